The van der Waals surface area contributed by atoms with Crippen molar-refractivity contribution in [2.24, 2.45) is 0 Å². The Morgan fingerprint density at radius 3 is 2.63 bits per heavy atom. The Balaban J connectivity index is 1.18. The molecule has 0 spiro atoms. The van der Waals surface area contributed by atoms with E-state index in [-0.39, 0.29) is 25.3 Å². The molecule has 8 heteroatoms. The minimum absolute atomic E-state index is 0.183. The zero-order chi connectivity index (χ0) is 24.4. The molecular formula is C27H25NO7. The molecule has 5 rings (SSSR count). The van der Waals surface area contributed by atoms with E-state index in [2.05, 4.69) is 0 Å². The van der Waals surface area contributed by atoms with Crippen LogP contribution in [0.4, 0.5) is 0 Å². The molecule has 2 aliphatic rings. The van der Waals surface area contributed by atoms with E-state index in [1.165, 1.54) is 6.08 Å². The number of ketones is 1. The van der Waals surface area contributed by atoms with Gasteiger partial charge in [-0.2, -0.15) is 0 Å². The predicted molar refractivity (Wildman–Crippen MR) is 127 cm³/mol. The molecule has 0 saturated heterocycles. The molecule has 2 aliphatic heterocycles. The Morgan fingerprint density at radius 1 is 1.00 bits per heavy atom. The summed E-state index contributed by atoms with van der Waals surface area (Å²) >= 11 is 0. The molecule has 0 saturated carbocycles. The summed E-state index contributed by atoms with van der Waals surface area (Å²) in [7, 11) is 0. The van der Waals surface area contributed by atoms with Crippen LogP contribution in [0.25, 0.3) is 6.08 Å². The second kappa shape index (κ2) is 9.58. The Morgan fingerprint density at radius 2 is 1.77 bits per heavy atom. The van der Waals surface area contributed by atoms with Gasteiger partial charge in [0.15, 0.2) is 35.7 Å². The van der Waals surface area contributed by atoms with Crippen molar-refractivity contribution in [1.82, 2.24) is 4.57 Å². The third kappa shape index (κ3) is 4.87. The lowest BCUT2D eigenvalue weighted by Crippen LogP contribution is -2.33. The van der Waals surface area contributed by atoms with Crippen LogP contribution in [0.3, 0.4) is 0 Å². The number of hydrogen-bond acceptors (Lipinski definition) is 7. The van der Waals surface area contributed by atoms with Crippen molar-refractivity contribution < 1.29 is 33.3 Å². The highest BCUT2D eigenvalue weighted by Gasteiger charge is 2.24. The van der Waals surface area contributed by atoms with Gasteiger partial charge in [-0.15, -0.1) is 0 Å². The summed E-state index contributed by atoms with van der Waals surface area (Å²) in [4.78, 5) is 24.9. The first-order valence-corrected chi connectivity index (χ1v) is 11.3. The molecule has 3 heterocycles. The molecule has 0 amide bonds. The maximum Gasteiger partial charge on any atom is 0.331 e. The van der Waals surface area contributed by atoms with Gasteiger partial charge in [0.2, 0.25) is 12.6 Å². The zero-order valence-corrected chi connectivity index (χ0v) is 19.5. The molecule has 8 nitrogen and oxygen atoms in total. The van der Waals surface area contributed by atoms with Gasteiger partial charge < -0.3 is 28.3 Å². The first-order valence-electron chi connectivity index (χ1n) is 11.3. The fraction of sp³-hybridized carbons (Fsp3) is 0.259. The van der Waals surface area contributed by atoms with Gasteiger partial charge in [-0.05, 0) is 55.8 Å². The summed E-state index contributed by atoms with van der Waals surface area (Å²) in [5, 5.41) is 0. The van der Waals surface area contributed by atoms with Gasteiger partial charge in [-0.1, -0.05) is 18.2 Å². The van der Waals surface area contributed by atoms with E-state index in [9.17, 15) is 9.59 Å². The molecule has 0 radical (unpaired) electrons. The molecule has 0 bridgehead atoms. The van der Waals surface area contributed by atoms with E-state index < -0.39 is 5.97 Å². The molecule has 35 heavy (non-hydrogen) atoms. The third-order valence-electron chi connectivity index (χ3n) is 5.98. The number of carbonyl (C=O) groups is 2. The van der Waals surface area contributed by atoms with Crippen LogP contribution in [0.5, 0.6) is 23.0 Å². The molecule has 1 aromatic heterocycles. The molecule has 180 valence electrons. The number of benzene rings is 2. The highest BCUT2D eigenvalue weighted by molar-refractivity contribution is 6.00. The van der Waals surface area contributed by atoms with Gasteiger partial charge in [0.1, 0.15) is 6.61 Å². The number of fused-ring (bicyclic) bond motifs is 2. The lowest BCUT2D eigenvalue weighted by atomic mass is 10.1. The molecule has 1 atom stereocenters. The number of nitrogens with zero attached hydrogens (tertiary/aromatic N) is 1. The number of aromatic nitrogens is 1. The summed E-state index contributed by atoms with van der Waals surface area (Å²) in [5.41, 5.74) is 2.99. The van der Waals surface area contributed by atoms with Crippen LogP contribution in [-0.2, 0) is 16.1 Å². The maximum absolute atomic E-state index is 12.8. The van der Waals surface area contributed by atoms with Gasteiger partial charge in [0.25, 0.3) is 0 Å². The van der Waals surface area contributed by atoms with E-state index in [1.807, 2.05) is 48.7 Å². The molecule has 3 aromatic rings. The molecule has 1 unspecified atom stereocenters. The first-order chi connectivity index (χ1) is 17.0. The van der Waals surface area contributed by atoms with Crippen molar-refractivity contribution >= 4 is 17.8 Å². The fourth-order valence-corrected chi connectivity index (χ4v) is 4.16. The van der Waals surface area contributed by atoms with Crippen molar-refractivity contribution in [3.63, 3.8) is 0 Å². The SMILES string of the molecule is Cc1cc(C(=O)COC(=O)C=Cc2ccc3c(c2)OCO3)c(C)n1CC1COc2ccccc2O1. The number of rotatable bonds is 7. The third-order valence-corrected chi connectivity index (χ3v) is 5.98. The van der Waals surface area contributed by atoms with Gasteiger partial charge in [0.05, 0.1) is 6.54 Å². The van der Waals surface area contributed by atoms with Gasteiger partial charge >= 0.3 is 5.97 Å². The van der Waals surface area contributed by atoms with Crippen molar-refractivity contribution in [3.8, 4) is 23.0 Å². The van der Waals surface area contributed by atoms with E-state index in [0.717, 1.165) is 22.7 Å². The summed E-state index contributed by atoms with van der Waals surface area (Å²) in [6.07, 6.45) is 2.70. The smallest absolute Gasteiger partial charge is 0.331 e. The second-order valence-electron chi connectivity index (χ2n) is 8.37. The van der Waals surface area contributed by atoms with Gasteiger partial charge in [-0.3, -0.25) is 4.79 Å². The molecule has 2 aromatic carbocycles. The quantitative estimate of drug-likeness (QED) is 0.289. The van der Waals surface area contributed by atoms with E-state index in [1.54, 1.807) is 24.3 Å². The van der Waals surface area contributed by atoms with Gasteiger partial charge in [-0.25, -0.2) is 4.79 Å². The Bertz CT molecular complexity index is 1310. The normalized spacial score (nSPS) is 15.9. The minimum Gasteiger partial charge on any atom is -0.486 e. The largest absolute Gasteiger partial charge is 0.486 e. The second-order valence-corrected chi connectivity index (χ2v) is 8.37. The fourth-order valence-electron chi connectivity index (χ4n) is 4.16. The number of aryl methyl sites for hydroxylation is 1. The summed E-state index contributed by atoms with van der Waals surface area (Å²) < 4.78 is 29.7. The molecule has 0 N–H and O–H groups in total. The zero-order valence-electron chi connectivity index (χ0n) is 19.5. The van der Waals surface area contributed by atoms with Crippen LogP contribution in [0.15, 0.2) is 54.6 Å². The summed E-state index contributed by atoms with van der Waals surface area (Å²) in [6, 6.07) is 14.7. The standard InChI is InChI=1S/C27H25NO7/c1-17-11-21(18(2)28(17)13-20-14-31-23-5-3-4-6-25(23)35-20)22(29)15-32-27(30)10-8-19-7-9-24-26(12-19)34-16-33-24/h3-12,20H,13-16H2,1-2H3. The van der Waals surface area contributed by atoms with Crippen molar-refractivity contribution in [1.29, 1.82) is 0 Å². The number of ether oxygens (including phenoxy) is 5. The topological polar surface area (TPSA) is 85.2 Å². The lowest BCUT2D eigenvalue weighted by molar-refractivity contribution is -0.136. The maximum atomic E-state index is 12.8. The number of para-hydroxylation sites is 2. The van der Waals surface area contributed by atoms with Crippen LogP contribution in [-0.4, -0.2) is 42.4 Å². The van der Waals surface area contributed by atoms with E-state index in [0.29, 0.717) is 36.0 Å². The Hall–Kier alpha value is -4.20. The van der Waals surface area contributed by atoms with Crippen molar-refractivity contribution in [2.45, 2.75) is 26.5 Å². The highest BCUT2D eigenvalue weighted by Crippen LogP contribution is 2.33. The van der Waals surface area contributed by atoms with Crippen molar-refractivity contribution in [2.75, 3.05) is 20.0 Å². The number of hydrogen-bond donors (Lipinski definition) is 0. The lowest BCUT2D eigenvalue weighted by Gasteiger charge is -2.27. The molecule has 0 aliphatic carbocycles. The van der Waals surface area contributed by atoms with Gasteiger partial charge in [0, 0.05) is 23.0 Å². The monoisotopic (exact) mass is 475 g/mol. The van der Waals surface area contributed by atoms with Crippen LogP contribution >= 0.6 is 0 Å². The average Bonchev–Trinajstić information content (AvgIpc) is 3.45. The predicted octanol–water partition coefficient (Wildman–Crippen LogP) is 4.11. The molecular weight excluding hydrogens is 450 g/mol. The van der Waals surface area contributed by atoms with E-state index >= 15 is 0 Å². The summed E-state index contributed by atoms with van der Waals surface area (Å²) in [6.45, 7) is 4.61. The van der Waals surface area contributed by atoms with Crippen LogP contribution < -0.4 is 18.9 Å². The van der Waals surface area contributed by atoms with Crippen LogP contribution in [0.2, 0.25) is 0 Å². The number of esters is 1. The Kier molecular flexibility index (Phi) is 6.18. The number of Topliss-reactive ketones (excluding diaryl/α,β-unsaturated/α-hetero) is 1. The number of carbonyl (C=O) groups excluding carboxylic acids is 2. The van der Waals surface area contributed by atoms with Crippen LogP contribution in [0, 0.1) is 13.8 Å². The Labute approximate surface area is 202 Å². The van der Waals surface area contributed by atoms with Crippen molar-refractivity contribution in [3.05, 3.63) is 77.1 Å². The van der Waals surface area contributed by atoms with E-state index in [4.69, 9.17) is 23.7 Å². The average molecular weight is 475 g/mol. The van der Waals surface area contributed by atoms with Crippen LogP contribution in [0.1, 0.15) is 27.3 Å². The highest BCUT2D eigenvalue weighted by atomic mass is 16.7. The molecule has 0 fully saturated rings. The minimum atomic E-state index is -0.601. The summed E-state index contributed by atoms with van der Waals surface area (Å²) in [5.74, 6) is 1.87. The first kappa shape index (κ1) is 22.6.